The predicted molar refractivity (Wildman–Crippen MR) is 81.8 cm³/mol. The van der Waals surface area contributed by atoms with Gasteiger partial charge in [-0.2, -0.15) is 6.41 Å². The van der Waals surface area contributed by atoms with Crippen molar-refractivity contribution >= 4 is 18.9 Å². The molecule has 134 valence electrons. The van der Waals surface area contributed by atoms with Crippen molar-refractivity contribution in [2.75, 3.05) is 0 Å². The van der Waals surface area contributed by atoms with Gasteiger partial charge in [0.1, 0.15) is 5.60 Å². The zero-order chi connectivity index (χ0) is 17.0. The Bertz CT molecular complexity index is 465. The van der Waals surface area contributed by atoms with Crippen molar-refractivity contribution < 1.29 is 24.2 Å². The molecule has 0 aliphatic heterocycles. The van der Waals surface area contributed by atoms with Gasteiger partial charge in [-0.25, -0.2) is 0 Å². The fourth-order valence-electron chi connectivity index (χ4n) is 1.74. The second kappa shape index (κ2) is 11.3. The number of carbonyl (C=O) groups is 2. The maximum atomic E-state index is 11.8. The molecule has 0 fully saturated rings. The van der Waals surface area contributed by atoms with E-state index in [4.69, 9.17) is 14.6 Å². The molecule has 0 saturated carbocycles. The van der Waals surface area contributed by atoms with Crippen LogP contribution < -0.4 is 5.32 Å². The van der Waals surface area contributed by atoms with Crippen LogP contribution in [0, 0.1) is 0 Å². The molecule has 0 aliphatic carbocycles. The van der Waals surface area contributed by atoms with E-state index in [9.17, 15) is 9.59 Å². The van der Waals surface area contributed by atoms with Crippen LogP contribution in [0.15, 0.2) is 30.3 Å². The molecule has 0 radical (unpaired) electrons. The molecule has 0 spiro atoms. The van der Waals surface area contributed by atoms with Crippen LogP contribution in [0.3, 0.4) is 0 Å². The second-order valence-electron chi connectivity index (χ2n) is 5.14. The Labute approximate surface area is 130 Å². The molecule has 1 rings (SSSR count). The Morgan fingerprint density at radius 3 is 2.39 bits per heavy atom. The van der Waals surface area contributed by atoms with Gasteiger partial charge in [0.25, 0.3) is 6.47 Å². The van der Waals surface area contributed by atoms with Crippen LogP contribution in [-0.4, -0.2) is 30.0 Å². The molecule has 1 aromatic rings. The molecule has 0 saturated heterocycles. The standard InChI is InChI=1S/C15H20NO3.CH2O2.Fm/c1-12(16-11-17)9-10-14(18)19-15(2,3)13-7-5-4-6-8-13;2-1-3;/h4-8,12H,9-10H2,1-3H3,(H,16,17);1H,(H,2,3);/q-1;;. The van der Waals surface area contributed by atoms with E-state index >= 15 is 0 Å². The van der Waals surface area contributed by atoms with Crippen LogP contribution in [-0.2, 0) is 24.7 Å². The first-order valence-electron chi connectivity index (χ1n) is 6.85. The Kier molecular flexibility index (Phi) is 10.8. The van der Waals surface area contributed by atoms with Gasteiger partial charge in [-0.15, -0.1) is 0 Å². The molecule has 0 aromatic heterocycles. The maximum Gasteiger partial charge on any atom is 0.306 e. The number of nitrogens with one attached hydrogen (secondary N) is 1. The van der Waals surface area contributed by atoms with Crippen molar-refractivity contribution in [3.63, 3.8) is 0 Å². The summed E-state index contributed by atoms with van der Waals surface area (Å²) in [6.07, 6.45) is 2.42. The summed E-state index contributed by atoms with van der Waals surface area (Å²) in [5.74, 6) is -0.270. The molecule has 23 heavy (non-hydrogen) atoms. The monoisotopic (exact) mass is 565 g/mol. The number of benzene rings is 1. The summed E-state index contributed by atoms with van der Waals surface area (Å²) in [6.45, 7) is 5.29. The third-order valence-corrected chi connectivity index (χ3v) is 2.92. The number of carbonyl (C=O) groups excluding carboxylic acids is 2. The quantitative estimate of drug-likeness (QED) is 0.229. The largest absolute Gasteiger partial charge is 0.528 e. The van der Waals surface area contributed by atoms with Crippen LogP contribution >= 0.6 is 0 Å². The smallest absolute Gasteiger partial charge is 0.306 e. The summed E-state index contributed by atoms with van der Waals surface area (Å²) >= 11 is 0. The average molecular weight is 565 g/mol. The first-order chi connectivity index (χ1) is 10.4. The topological polar surface area (TPSA) is 92.7 Å². The first-order valence-corrected chi connectivity index (χ1v) is 6.85. The summed E-state index contributed by atoms with van der Waals surface area (Å²) in [6, 6.07) is 9.53. The minimum atomic E-state index is -0.647. The predicted octanol–water partition coefficient (Wildman–Crippen LogP) is 1.99. The van der Waals surface area contributed by atoms with Crippen molar-refractivity contribution in [1.82, 2.24) is 5.32 Å². The van der Waals surface area contributed by atoms with E-state index in [-0.39, 0.29) is 24.9 Å². The molecule has 1 atom stereocenters. The summed E-state index contributed by atoms with van der Waals surface area (Å²) in [5.41, 5.74) is 0.307. The van der Waals surface area contributed by atoms with E-state index < -0.39 is 5.60 Å². The molecule has 1 aromatic carbocycles. The van der Waals surface area contributed by atoms with E-state index in [2.05, 4.69) is 5.32 Å². The van der Waals surface area contributed by atoms with Crippen molar-refractivity contribution in [3.05, 3.63) is 35.9 Å². The molecule has 2 N–H and O–H groups in total. The fourth-order valence-corrected chi connectivity index (χ4v) is 1.74. The third kappa shape index (κ3) is 9.23. The van der Waals surface area contributed by atoms with E-state index in [0.717, 1.165) is 5.56 Å². The summed E-state index contributed by atoms with van der Waals surface area (Å²) in [5, 5.41) is 9.37. The van der Waals surface area contributed by atoms with Crippen molar-refractivity contribution in [2.45, 2.75) is 45.3 Å². The molecule has 1 amide bonds. The normalized spacial score (nSPS) is 10.9. The van der Waals surface area contributed by atoms with Gasteiger partial charge in [-0.1, -0.05) is 30.3 Å². The number of rotatable bonds is 7. The zero-order valence-corrected chi connectivity index (χ0v) is 15.7. The van der Waals surface area contributed by atoms with Crippen molar-refractivity contribution in [1.29, 1.82) is 0 Å². The maximum absolute atomic E-state index is 11.8. The molecule has 0 aliphatic rings. The molecule has 6 nitrogen and oxygen atoms in total. The molecular weight excluding hydrogens is 543 g/mol. The van der Waals surface area contributed by atoms with Crippen LogP contribution in [0.25, 0.3) is 0 Å². The number of amides is 1. The SMILES string of the molecule is CC(CCC(=O)OC(C)(C)c1ccccc1)N[C-]=O.O=CO.[Fm]. The zero-order valence-electron chi connectivity index (χ0n) is 13.3. The number of hydrogen-bond acceptors (Lipinski definition) is 4. The van der Waals surface area contributed by atoms with Gasteiger partial charge >= 0.3 is 5.97 Å². The fraction of sp³-hybridized carbons (Fsp3) is 0.438. The van der Waals surface area contributed by atoms with Crippen LogP contribution in [0.1, 0.15) is 39.2 Å². The van der Waals surface area contributed by atoms with Crippen molar-refractivity contribution in [3.8, 4) is 0 Å². The number of ether oxygens (including phenoxy) is 1. The van der Waals surface area contributed by atoms with Crippen LogP contribution in [0.4, 0.5) is 0 Å². The van der Waals surface area contributed by atoms with Gasteiger partial charge < -0.3 is 20.0 Å². The summed E-state index contributed by atoms with van der Waals surface area (Å²) < 4.78 is 5.49. The van der Waals surface area contributed by atoms with Gasteiger partial charge in [-0.05, 0) is 38.8 Å². The van der Waals surface area contributed by atoms with Crippen LogP contribution in [0.5, 0.6) is 0 Å². The number of carboxylic acid groups (broad SMARTS) is 1. The number of esters is 1. The molecule has 7 heteroatoms. The minimum absolute atomic E-state index is 0. The van der Waals surface area contributed by atoms with E-state index in [1.54, 1.807) is 6.41 Å². The van der Waals surface area contributed by atoms with Gasteiger partial charge in [0, 0.05) is 6.42 Å². The van der Waals surface area contributed by atoms with Gasteiger partial charge in [0.15, 0.2) is 0 Å². The van der Waals surface area contributed by atoms with E-state index in [1.165, 1.54) is 0 Å². The van der Waals surface area contributed by atoms with Gasteiger partial charge in [0.2, 0.25) is 0 Å². The molecular formula is C16H22FmNO5-. The second-order valence-corrected chi connectivity index (χ2v) is 5.14. The first kappa shape index (κ1) is 21.9. The Balaban J connectivity index is 0. The molecule has 1 unspecified atom stereocenters. The van der Waals surface area contributed by atoms with Gasteiger partial charge in [-0.3, -0.25) is 9.59 Å². The Morgan fingerprint density at radius 2 is 1.91 bits per heavy atom. The van der Waals surface area contributed by atoms with Crippen molar-refractivity contribution in [2.24, 2.45) is 0 Å². The molecule has 0 bridgehead atoms. The summed E-state index contributed by atoms with van der Waals surface area (Å²) in [7, 11) is 0. The third-order valence-electron chi connectivity index (χ3n) is 2.92. The number of hydrogen-bond donors (Lipinski definition) is 2. The van der Waals surface area contributed by atoms with E-state index in [0.29, 0.717) is 6.42 Å². The van der Waals surface area contributed by atoms with Crippen LogP contribution in [0.2, 0.25) is 0 Å². The average Bonchev–Trinajstić information content (AvgIpc) is 2.47. The Hall–Kier alpha value is -3.37. The summed E-state index contributed by atoms with van der Waals surface area (Å²) in [4.78, 5) is 30.3. The molecule has 0 heterocycles. The van der Waals surface area contributed by atoms with E-state index in [1.807, 2.05) is 51.1 Å². The minimum Gasteiger partial charge on any atom is -0.528 e. The van der Waals surface area contributed by atoms with Gasteiger partial charge in [0.05, 0.1) is 0 Å². The Morgan fingerprint density at radius 1 is 1.39 bits per heavy atom.